The molecular weight excluding hydrogens is 328 g/mol. The van der Waals surface area contributed by atoms with E-state index >= 15 is 0 Å². The van der Waals surface area contributed by atoms with Crippen LogP contribution in [-0.2, 0) is 6.54 Å². The molecule has 0 spiro atoms. The van der Waals surface area contributed by atoms with Crippen LogP contribution in [0.4, 0.5) is 14.5 Å². The number of rotatable bonds is 3. The molecule has 6 heteroatoms. The quantitative estimate of drug-likeness (QED) is 0.857. The molecule has 1 N–H and O–H groups in total. The number of thiocarbonyl (C=S) groups is 1. The normalized spacial score (nSPS) is 15.3. The first-order valence-corrected chi connectivity index (χ1v) is 8.29. The lowest BCUT2D eigenvalue weighted by Crippen LogP contribution is -2.49. The highest BCUT2D eigenvalue weighted by Crippen LogP contribution is 2.13. The van der Waals surface area contributed by atoms with Gasteiger partial charge in [-0.15, -0.1) is 0 Å². The summed E-state index contributed by atoms with van der Waals surface area (Å²) < 4.78 is 26.2. The van der Waals surface area contributed by atoms with E-state index in [4.69, 9.17) is 12.2 Å². The van der Waals surface area contributed by atoms with Gasteiger partial charge in [-0.3, -0.25) is 4.90 Å². The predicted molar refractivity (Wildman–Crippen MR) is 95.9 cm³/mol. The Balaban J connectivity index is 1.49. The van der Waals surface area contributed by atoms with Gasteiger partial charge in [0.25, 0.3) is 0 Å². The minimum absolute atomic E-state index is 0.198. The fourth-order valence-corrected chi connectivity index (χ4v) is 3.04. The summed E-state index contributed by atoms with van der Waals surface area (Å²) in [6, 6.07) is 12.9. The van der Waals surface area contributed by atoms with Gasteiger partial charge in [0, 0.05) is 38.4 Å². The van der Waals surface area contributed by atoms with Gasteiger partial charge in [0.1, 0.15) is 11.6 Å². The zero-order valence-corrected chi connectivity index (χ0v) is 14.0. The smallest absolute Gasteiger partial charge is 0.173 e. The number of halogens is 2. The molecular formula is C18H19F2N3S. The Morgan fingerprint density at radius 3 is 2.33 bits per heavy atom. The van der Waals surface area contributed by atoms with Gasteiger partial charge in [0.05, 0.1) is 0 Å². The molecule has 1 fully saturated rings. The van der Waals surface area contributed by atoms with Crippen molar-refractivity contribution in [2.45, 2.75) is 6.54 Å². The van der Waals surface area contributed by atoms with Crippen molar-refractivity contribution in [3.05, 3.63) is 65.7 Å². The lowest BCUT2D eigenvalue weighted by atomic mass is 10.2. The van der Waals surface area contributed by atoms with Gasteiger partial charge in [-0.05, 0) is 54.2 Å². The summed E-state index contributed by atoms with van der Waals surface area (Å²) >= 11 is 5.43. The highest BCUT2D eigenvalue weighted by atomic mass is 32.1. The second-order valence-electron chi connectivity index (χ2n) is 5.83. The van der Waals surface area contributed by atoms with Crippen molar-refractivity contribution in [3.8, 4) is 0 Å². The first kappa shape index (κ1) is 16.8. The molecule has 0 aromatic heterocycles. The SMILES string of the molecule is Fc1ccc(NC(=S)N2CCN(Cc3cccc(F)c3)CC2)cc1. The molecule has 126 valence electrons. The number of piperazine rings is 1. The fraction of sp³-hybridized carbons (Fsp3) is 0.278. The van der Waals surface area contributed by atoms with Crippen LogP contribution in [0.3, 0.4) is 0 Å². The second kappa shape index (κ2) is 7.68. The Hall–Kier alpha value is -2.05. The second-order valence-corrected chi connectivity index (χ2v) is 6.22. The zero-order valence-electron chi connectivity index (χ0n) is 13.2. The van der Waals surface area contributed by atoms with Gasteiger partial charge >= 0.3 is 0 Å². The average Bonchev–Trinajstić information content (AvgIpc) is 2.57. The van der Waals surface area contributed by atoms with E-state index in [1.165, 1.54) is 18.2 Å². The van der Waals surface area contributed by atoms with Gasteiger partial charge in [-0.25, -0.2) is 8.78 Å². The van der Waals surface area contributed by atoms with Crippen molar-refractivity contribution in [2.75, 3.05) is 31.5 Å². The highest BCUT2D eigenvalue weighted by molar-refractivity contribution is 7.80. The lowest BCUT2D eigenvalue weighted by Gasteiger charge is -2.36. The molecule has 3 rings (SSSR count). The van der Waals surface area contributed by atoms with Crippen LogP contribution in [0.1, 0.15) is 5.56 Å². The van der Waals surface area contributed by atoms with Crippen LogP contribution in [-0.4, -0.2) is 41.1 Å². The maximum absolute atomic E-state index is 13.2. The topological polar surface area (TPSA) is 18.5 Å². The van der Waals surface area contributed by atoms with E-state index in [2.05, 4.69) is 15.1 Å². The maximum Gasteiger partial charge on any atom is 0.173 e. The molecule has 2 aromatic carbocycles. The Morgan fingerprint density at radius 2 is 1.67 bits per heavy atom. The summed E-state index contributed by atoms with van der Waals surface area (Å²) in [5, 5.41) is 3.78. The third-order valence-electron chi connectivity index (χ3n) is 4.05. The van der Waals surface area contributed by atoms with Crippen molar-refractivity contribution in [1.29, 1.82) is 0 Å². The summed E-state index contributed by atoms with van der Waals surface area (Å²) in [6.07, 6.45) is 0. The van der Waals surface area contributed by atoms with Gasteiger partial charge in [-0.2, -0.15) is 0 Å². The number of hydrogen-bond donors (Lipinski definition) is 1. The van der Waals surface area contributed by atoms with Crippen LogP contribution in [0.5, 0.6) is 0 Å². The molecule has 0 radical (unpaired) electrons. The van der Waals surface area contributed by atoms with E-state index in [9.17, 15) is 8.78 Å². The first-order valence-electron chi connectivity index (χ1n) is 7.88. The summed E-state index contributed by atoms with van der Waals surface area (Å²) in [5.41, 5.74) is 1.76. The van der Waals surface area contributed by atoms with E-state index < -0.39 is 0 Å². The summed E-state index contributed by atoms with van der Waals surface area (Å²) in [6.45, 7) is 4.08. The van der Waals surface area contributed by atoms with Gasteiger partial charge < -0.3 is 10.2 Å². The van der Waals surface area contributed by atoms with Gasteiger partial charge in [0.15, 0.2) is 5.11 Å². The van der Waals surface area contributed by atoms with Crippen LogP contribution in [0.2, 0.25) is 0 Å². The maximum atomic E-state index is 13.2. The largest absolute Gasteiger partial charge is 0.346 e. The molecule has 0 atom stereocenters. The molecule has 1 saturated heterocycles. The van der Waals surface area contributed by atoms with Crippen molar-refractivity contribution >= 4 is 23.0 Å². The molecule has 0 amide bonds. The summed E-state index contributed by atoms with van der Waals surface area (Å²) in [5.74, 6) is -0.465. The summed E-state index contributed by atoms with van der Waals surface area (Å²) in [7, 11) is 0. The monoisotopic (exact) mass is 347 g/mol. The van der Waals surface area contributed by atoms with E-state index in [0.717, 1.165) is 44.0 Å². The number of anilines is 1. The number of hydrogen-bond acceptors (Lipinski definition) is 2. The zero-order chi connectivity index (χ0) is 16.9. The molecule has 1 aliphatic heterocycles. The van der Waals surface area contributed by atoms with Crippen LogP contribution in [0, 0.1) is 11.6 Å². The third kappa shape index (κ3) is 4.49. The van der Waals surface area contributed by atoms with E-state index in [0.29, 0.717) is 5.11 Å². The summed E-state index contributed by atoms with van der Waals surface area (Å²) in [4.78, 5) is 4.38. The van der Waals surface area contributed by atoms with Gasteiger partial charge in [0.2, 0.25) is 0 Å². The number of benzene rings is 2. The molecule has 1 aliphatic rings. The third-order valence-corrected chi connectivity index (χ3v) is 4.41. The van der Waals surface area contributed by atoms with E-state index in [1.807, 2.05) is 6.07 Å². The molecule has 0 saturated carbocycles. The molecule has 2 aromatic rings. The van der Waals surface area contributed by atoms with Crippen molar-refractivity contribution < 1.29 is 8.78 Å². The van der Waals surface area contributed by atoms with Crippen LogP contribution in [0.15, 0.2) is 48.5 Å². The Morgan fingerprint density at radius 1 is 0.958 bits per heavy atom. The van der Waals surface area contributed by atoms with E-state index in [1.54, 1.807) is 24.3 Å². The standard InChI is InChI=1S/C18H19F2N3S/c19-15-4-6-17(7-5-15)21-18(24)23-10-8-22(9-11-23)13-14-2-1-3-16(20)12-14/h1-7,12H,8-11,13H2,(H,21,24). The van der Waals surface area contributed by atoms with Crippen molar-refractivity contribution in [3.63, 3.8) is 0 Å². The van der Waals surface area contributed by atoms with Crippen LogP contribution < -0.4 is 5.32 Å². The average molecular weight is 347 g/mol. The molecule has 0 aliphatic carbocycles. The number of nitrogens with one attached hydrogen (secondary N) is 1. The Labute approximate surface area is 145 Å². The van der Waals surface area contributed by atoms with Crippen molar-refractivity contribution in [1.82, 2.24) is 9.80 Å². The molecule has 0 bridgehead atoms. The minimum Gasteiger partial charge on any atom is -0.346 e. The fourth-order valence-electron chi connectivity index (χ4n) is 2.74. The predicted octanol–water partition coefficient (Wildman–Crippen LogP) is 3.48. The molecule has 3 nitrogen and oxygen atoms in total. The van der Waals surface area contributed by atoms with Crippen LogP contribution >= 0.6 is 12.2 Å². The first-order chi connectivity index (χ1) is 11.6. The van der Waals surface area contributed by atoms with Crippen molar-refractivity contribution in [2.24, 2.45) is 0 Å². The Bertz CT molecular complexity index is 698. The minimum atomic E-state index is -0.266. The Kier molecular flexibility index (Phi) is 5.37. The van der Waals surface area contributed by atoms with E-state index in [-0.39, 0.29) is 11.6 Å². The van der Waals surface area contributed by atoms with Crippen LogP contribution in [0.25, 0.3) is 0 Å². The number of nitrogens with zero attached hydrogens (tertiary/aromatic N) is 2. The van der Waals surface area contributed by atoms with Gasteiger partial charge in [-0.1, -0.05) is 12.1 Å². The molecule has 24 heavy (non-hydrogen) atoms. The highest BCUT2D eigenvalue weighted by Gasteiger charge is 2.19. The lowest BCUT2D eigenvalue weighted by molar-refractivity contribution is 0.177. The molecule has 0 unspecified atom stereocenters. The molecule has 1 heterocycles.